The number of hydrogen-bond donors (Lipinski definition) is 0. The number of anilines is 1. The third-order valence-corrected chi connectivity index (χ3v) is 6.91. The van der Waals surface area contributed by atoms with Crippen LogP contribution in [0, 0.1) is 13.8 Å². The summed E-state index contributed by atoms with van der Waals surface area (Å²) in [5, 5.41) is 5.79. The van der Waals surface area contributed by atoms with E-state index in [9.17, 15) is 4.79 Å². The first-order valence-electron chi connectivity index (χ1n) is 13.8. The van der Waals surface area contributed by atoms with E-state index in [1.807, 2.05) is 63.4 Å². The van der Waals surface area contributed by atoms with Gasteiger partial charge in [0.2, 0.25) is 0 Å². The van der Waals surface area contributed by atoms with Crippen LogP contribution < -0.4 is 4.90 Å². The number of ether oxygens (including phenoxy) is 2. The zero-order chi connectivity index (χ0) is 27.4. The van der Waals surface area contributed by atoms with Crippen LogP contribution >= 0.6 is 0 Å². The van der Waals surface area contributed by atoms with Crippen molar-refractivity contribution in [3.63, 3.8) is 0 Å². The average Bonchev–Trinajstić information content (AvgIpc) is 3.31. The van der Waals surface area contributed by atoms with Gasteiger partial charge in [-0.2, -0.15) is 5.10 Å². The highest BCUT2D eigenvalue weighted by atomic mass is 16.6. The van der Waals surface area contributed by atoms with Crippen LogP contribution in [0.25, 0.3) is 16.7 Å². The highest BCUT2D eigenvalue weighted by Gasteiger charge is 2.28. The van der Waals surface area contributed by atoms with Gasteiger partial charge in [-0.1, -0.05) is 13.8 Å². The summed E-state index contributed by atoms with van der Waals surface area (Å²) in [5.74, 6) is 2.78. The molecule has 2 saturated heterocycles. The number of aromatic nitrogens is 4. The molecule has 0 saturated carbocycles. The maximum Gasteiger partial charge on any atom is 0.410 e. The number of carbonyl (C=O) groups excluding carboxylic acids is 1. The summed E-state index contributed by atoms with van der Waals surface area (Å²) in [6, 6.07) is 6.49. The zero-order valence-electron chi connectivity index (χ0n) is 24.0. The average molecular weight is 523 g/mol. The van der Waals surface area contributed by atoms with Crippen LogP contribution in [0.5, 0.6) is 0 Å². The van der Waals surface area contributed by atoms with Crippen molar-refractivity contribution >= 4 is 22.8 Å². The van der Waals surface area contributed by atoms with Crippen molar-refractivity contribution in [2.24, 2.45) is 0 Å². The van der Waals surface area contributed by atoms with Crippen LogP contribution in [0.3, 0.4) is 0 Å². The van der Waals surface area contributed by atoms with Crippen LogP contribution in [0.2, 0.25) is 0 Å². The Hall–Kier alpha value is -3.20. The summed E-state index contributed by atoms with van der Waals surface area (Å²) in [5.41, 5.74) is 3.13. The predicted molar refractivity (Wildman–Crippen MR) is 150 cm³/mol. The molecule has 1 aromatic carbocycles. The SMILES string of the molecule is CC.Cc1nc(N2CCOCC2)cc(-n2ncc3cc(C)c(C4CCN(C(=O)OC(C)(C)C)CC4)cc32)n1. The number of likely N-dealkylation sites (tertiary alicyclic amines) is 1. The van der Waals surface area contributed by atoms with E-state index < -0.39 is 5.60 Å². The molecule has 38 heavy (non-hydrogen) atoms. The zero-order valence-corrected chi connectivity index (χ0v) is 24.0. The van der Waals surface area contributed by atoms with Crippen LogP contribution in [0.4, 0.5) is 10.6 Å². The monoisotopic (exact) mass is 522 g/mol. The molecule has 2 aromatic heterocycles. The second-order valence-electron chi connectivity index (χ2n) is 10.8. The van der Waals surface area contributed by atoms with Gasteiger partial charge in [0, 0.05) is 37.6 Å². The Bertz CT molecular complexity index is 1250. The molecule has 4 heterocycles. The van der Waals surface area contributed by atoms with Crippen molar-refractivity contribution in [1.82, 2.24) is 24.6 Å². The standard InChI is InChI=1S/C27H36N6O3.C2H6/c1-18-14-21-17-28-33(25-16-24(29-19(2)30-25)31-10-12-35-13-11-31)23(21)15-22(18)20-6-8-32(9-7-20)26(34)36-27(3,4)5;1-2/h14-17,20H,6-13H2,1-5H3;1-2H3. The van der Waals surface area contributed by atoms with Gasteiger partial charge in [-0.15, -0.1) is 0 Å². The number of amides is 1. The topological polar surface area (TPSA) is 85.6 Å². The van der Waals surface area contributed by atoms with Crippen LogP contribution in [-0.4, -0.2) is 75.7 Å². The van der Waals surface area contributed by atoms with E-state index in [2.05, 4.69) is 28.9 Å². The molecular weight excluding hydrogens is 480 g/mol. The lowest BCUT2D eigenvalue weighted by atomic mass is 9.86. The Labute approximate surface area is 226 Å². The molecule has 0 aliphatic carbocycles. The van der Waals surface area contributed by atoms with Crippen molar-refractivity contribution in [1.29, 1.82) is 0 Å². The number of morpholine rings is 1. The van der Waals surface area contributed by atoms with Crippen molar-refractivity contribution < 1.29 is 14.3 Å². The fraction of sp³-hybridized carbons (Fsp3) is 0.586. The molecule has 9 nitrogen and oxygen atoms in total. The molecular formula is C29H42N6O3. The van der Waals surface area contributed by atoms with Crippen LogP contribution in [0.1, 0.15) is 70.3 Å². The van der Waals surface area contributed by atoms with Crippen LogP contribution in [-0.2, 0) is 9.47 Å². The summed E-state index contributed by atoms with van der Waals surface area (Å²) in [4.78, 5) is 26.0. The van der Waals surface area contributed by atoms with Gasteiger partial charge in [-0.3, -0.25) is 0 Å². The molecule has 5 rings (SSSR count). The second-order valence-corrected chi connectivity index (χ2v) is 10.8. The molecule has 2 aliphatic rings. The van der Waals surface area contributed by atoms with Gasteiger partial charge in [-0.25, -0.2) is 19.4 Å². The number of nitrogens with zero attached hydrogens (tertiary/aromatic N) is 6. The molecule has 2 fully saturated rings. The number of rotatable bonds is 3. The van der Waals surface area contributed by atoms with Gasteiger partial charge >= 0.3 is 6.09 Å². The summed E-state index contributed by atoms with van der Waals surface area (Å²) in [6.07, 6.45) is 3.51. The Morgan fingerprint density at radius 2 is 1.63 bits per heavy atom. The van der Waals surface area contributed by atoms with Gasteiger partial charge < -0.3 is 19.3 Å². The molecule has 1 amide bonds. The van der Waals surface area contributed by atoms with Gasteiger partial charge in [0.15, 0.2) is 5.82 Å². The quantitative estimate of drug-likeness (QED) is 0.455. The number of aryl methyl sites for hydroxylation is 2. The van der Waals surface area contributed by atoms with E-state index >= 15 is 0 Å². The minimum absolute atomic E-state index is 0.221. The predicted octanol–water partition coefficient (Wildman–Crippen LogP) is 5.41. The lowest BCUT2D eigenvalue weighted by molar-refractivity contribution is 0.0205. The first-order valence-corrected chi connectivity index (χ1v) is 13.8. The molecule has 0 atom stereocenters. The maximum absolute atomic E-state index is 12.5. The van der Waals surface area contributed by atoms with E-state index in [0.29, 0.717) is 32.2 Å². The lowest BCUT2D eigenvalue weighted by Gasteiger charge is -2.34. The van der Waals surface area contributed by atoms with E-state index in [-0.39, 0.29) is 6.09 Å². The number of carbonyl (C=O) groups is 1. The number of fused-ring (bicyclic) bond motifs is 1. The molecule has 2 aliphatic heterocycles. The lowest BCUT2D eigenvalue weighted by Crippen LogP contribution is -2.41. The highest BCUT2D eigenvalue weighted by molar-refractivity contribution is 5.82. The fourth-order valence-electron chi connectivity index (χ4n) is 5.13. The molecule has 0 bridgehead atoms. The molecule has 0 unspecified atom stereocenters. The minimum Gasteiger partial charge on any atom is -0.444 e. The van der Waals surface area contributed by atoms with Crippen molar-refractivity contribution in [2.45, 2.75) is 72.8 Å². The Kier molecular flexibility index (Phi) is 8.55. The Morgan fingerprint density at radius 1 is 0.974 bits per heavy atom. The Balaban J connectivity index is 0.00000164. The molecule has 0 N–H and O–H groups in total. The van der Waals surface area contributed by atoms with E-state index in [1.54, 1.807) is 0 Å². The van der Waals surface area contributed by atoms with Gasteiger partial charge in [0.1, 0.15) is 17.2 Å². The molecule has 3 aromatic rings. The number of hydrogen-bond acceptors (Lipinski definition) is 7. The summed E-state index contributed by atoms with van der Waals surface area (Å²) >= 11 is 0. The second kappa shape index (κ2) is 11.7. The highest BCUT2D eigenvalue weighted by Crippen LogP contribution is 2.34. The maximum atomic E-state index is 12.5. The summed E-state index contributed by atoms with van der Waals surface area (Å²) in [7, 11) is 0. The third-order valence-electron chi connectivity index (χ3n) is 6.91. The van der Waals surface area contributed by atoms with Gasteiger partial charge in [0.05, 0.1) is 24.9 Å². The first-order chi connectivity index (χ1) is 18.2. The molecule has 9 heteroatoms. The number of benzene rings is 1. The van der Waals surface area contributed by atoms with Crippen molar-refractivity contribution in [3.8, 4) is 5.82 Å². The van der Waals surface area contributed by atoms with E-state index in [0.717, 1.165) is 54.3 Å². The Morgan fingerprint density at radius 3 is 2.29 bits per heavy atom. The minimum atomic E-state index is -0.477. The normalized spacial score (nSPS) is 16.8. The fourth-order valence-corrected chi connectivity index (χ4v) is 5.13. The molecule has 0 spiro atoms. The van der Waals surface area contributed by atoms with Crippen molar-refractivity contribution in [2.75, 3.05) is 44.3 Å². The summed E-state index contributed by atoms with van der Waals surface area (Å²) < 4.78 is 13.0. The van der Waals surface area contributed by atoms with Gasteiger partial charge in [0.25, 0.3) is 0 Å². The first kappa shape index (κ1) is 27.8. The van der Waals surface area contributed by atoms with Gasteiger partial charge in [-0.05, 0) is 76.6 Å². The van der Waals surface area contributed by atoms with Crippen molar-refractivity contribution in [3.05, 3.63) is 41.3 Å². The molecule has 206 valence electrons. The third kappa shape index (κ3) is 6.26. The van der Waals surface area contributed by atoms with Crippen LogP contribution in [0.15, 0.2) is 24.4 Å². The van der Waals surface area contributed by atoms with E-state index in [4.69, 9.17) is 19.6 Å². The largest absolute Gasteiger partial charge is 0.444 e. The smallest absolute Gasteiger partial charge is 0.410 e. The molecule has 0 radical (unpaired) electrons. The van der Waals surface area contributed by atoms with E-state index in [1.165, 1.54) is 11.1 Å². The number of piperidine rings is 1. The summed E-state index contributed by atoms with van der Waals surface area (Å²) in [6.45, 7) is 18.3.